The molecule has 0 aliphatic carbocycles. The summed E-state index contributed by atoms with van der Waals surface area (Å²) in [4.78, 5) is 25.8. The van der Waals surface area contributed by atoms with E-state index in [0.717, 1.165) is 55.2 Å². The van der Waals surface area contributed by atoms with Crippen LogP contribution in [0.1, 0.15) is 21.5 Å². The number of anilines is 2. The topological polar surface area (TPSA) is 52.8 Å². The highest BCUT2D eigenvalue weighted by molar-refractivity contribution is 6.05. The molecule has 5 rings (SSSR count). The standard InChI is InChI=1S/C31H29N5O/c1-23-8-9-26(20-29(23)25-10-12-27(32-2)13-11-25)31(37)34-28-14-15-30(33-21-28)36-18-16-35(17-19-36)22-24-6-4-3-5-7-24/h3-15,20-21H,16-19,22H2,1H3,(H,34,37). The van der Waals surface area contributed by atoms with Gasteiger partial charge >= 0.3 is 0 Å². The number of nitrogens with one attached hydrogen (secondary N) is 1. The highest BCUT2D eigenvalue weighted by atomic mass is 16.1. The zero-order valence-corrected chi connectivity index (χ0v) is 20.9. The Balaban J connectivity index is 1.20. The van der Waals surface area contributed by atoms with Crippen LogP contribution in [0.2, 0.25) is 0 Å². The minimum Gasteiger partial charge on any atom is -0.354 e. The molecule has 6 nitrogen and oxygen atoms in total. The summed E-state index contributed by atoms with van der Waals surface area (Å²) in [6, 6.07) is 27.6. The third-order valence-electron chi connectivity index (χ3n) is 6.76. The summed E-state index contributed by atoms with van der Waals surface area (Å²) in [5.74, 6) is 0.751. The van der Waals surface area contributed by atoms with Crippen molar-refractivity contribution in [1.29, 1.82) is 0 Å². The Labute approximate surface area is 218 Å². The maximum atomic E-state index is 13.0. The number of pyridine rings is 1. The summed E-state index contributed by atoms with van der Waals surface area (Å²) < 4.78 is 0. The first kappa shape index (κ1) is 24.2. The molecule has 1 aromatic heterocycles. The molecule has 0 unspecified atom stereocenters. The summed E-state index contributed by atoms with van der Waals surface area (Å²) in [6.45, 7) is 14.0. The van der Waals surface area contributed by atoms with E-state index in [1.54, 1.807) is 18.3 Å². The Morgan fingerprint density at radius 1 is 0.946 bits per heavy atom. The Morgan fingerprint density at radius 2 is 1.70 bits per heavy atom. The van der Waals surface area contributed by atoms with Crippen LogP contribution >= 0.6 is 0 Å². The molecular formula is C31H29N5O. The molecule has 0 bridgehead atoms. The normalized spacial score (nSPS) is 13.7. The van der Waals surface area contributed by atoms with Gasteiger partial charge < -0.3 is 10.2 Å². The average molecular weight is 488 g/mol. The molecule has 1 fully saturated rings. The van der Waals surface area contributed by atoms with Gasteiger partial charge in [0, 0.05) is 38.3 Å². The molecule has 6 heteroatoms. The summed E-state index contributed by atoms with van der Waals surface area (Å²) in [5.41, 5.74) is 6.21. The molecule has 1 N–H and O–H groups in total. The van der Waals surface area contributed by atoms with Crippen molar-refractivity contribution in [3.8, 4) is 11.1 Å². The van der Waals surface area contributed by atoms with Crippen molar-refractivity contribution in [2.45, 2.75) is 13.5 Å². The summed E-state index contributed by atoms with van der Waals surface area (Å²) in [7, 11) is 0. The number of carbonyl (C=O) groups excluding carboxylic acids is 1. The van der Waals surface area contributed by atoms with E-state index in [4.69, 9.17) is 6.57 Å². The molecule has 184 valence electrons. The van der Waals surface area contributed by atoms with Crippen molar-refractivity contribution in [2.24, 2.45) is 0 Å². The number of benzene rings is 3. The first-order valence-electron chi connectivity index (χ1n) is 12.5. The highest BCUT2D eigenvalue weighted by Gasteiger charge is 2.18. The molecule has 1 aliphatic rings. The van der Waals surface area contributed by atoms with E-state index in [2.05, 4.69) is 55.3 Å². The first-order chi connectivity index (χ1) is 18.1. The van der Waals surface area contributed by atoms with E-state index in [1.807, 2.05) is 49.4 Å². The number of carbonyl (C=O) groups is 1. The van der Waals surface area contributed by atoms with Gasteiger partial charge in [-0.1, -0.05) is 60.7 Å². The molecule has 0 atom stereocenters. The molecular weight excluding hydrogens is 458 g/mol. The lowest BCUT2D eigenvalue weighted by molar-refractivity contribution is 0.102. The number of aromatic nitrogens is 1. The van der Waals surface area contributed by atoms with E-state index in [9.17, 15) is 4.79 Å². The lowest BCUT2D eigenvalue weighted by Crippen LogP contribution is -2.46. The van der Waals surface area contributed by atoms with Gasteiger partial charge in [0.1, 0.15) is 5.82 Å². The van der Waals surface area contributed by atoms with Gasteiger partial charge in [0.15, 0.2) is 5.69 Å². The lowest BCUT2D eigenvalue weighted by atomic mass is 9.97. The van der Waals surface area contributed by atoms with Crippen LogP contribution in [-0.4, -0.2) is 42.0 Å². The van der Waals surface area contributed by atoms with Crippen LogP contribution in [0.5, 0.6) is 0 Å². The van der Waals surface area contributed by atoms with Gasteiger partial charge in [-0.05, 0) is 53.4 Å². The van der Waals surface area contributed by atoms with Crippen LogP contribution < -0.4 is 10.2 Å². The third kappa shape index (κ3) is 5.85. The Morgan fingerprint density at radius 3 is 2.38 bits per heavy atom. The molecule has 2 heterocycles. The molecule has 0 radical (unpaired) electrons. The molecule has 1 amide bonds. The molecule has 3 aromatic carbocycles. The molecule has 0 spiro atoms. The monoisotopic (exact) mass is 487 g/mol. The highest BCUT2D eigenvalue weighted by Crippen LogP contribution is 2.27. The van der Waals surface area contributed by atoms with E-state index < -0.39 is 0 Å². The molecule has 1 aliphatic heterocycles. The van der Waals surface area contributed by atoms with Gasteiger partial charge in [-0.15, -0.1) is 0 Å². The van der Waals surface area contributed by atoms with Crippen molar-refractivity contribution in [3.05, 3.63) is 119 Å². The van der Waals surface area contributed by atoms with Crippen LogP contribution in [0.25, 0.3) is 16.0 Å². The second-order valence-corrected chi connectivity index (χ2v) is 9.30. The van der Waals surface area contributed by atoms with Crippen molar-refractivity contribution in [1.82, 2.24) is 9.88 Å². The van der Waals surface area contributed by atoms with Crippen molar-refractivity contribution in [2.75, 3.05) is 36.4 Å². The number of amides is 1. The van der Waals surface area contributed by atoms with Crippen LogP contribution in [0.3, 0.4) is 0 Å². The zero-order chi connectivity index (χ0) is 25.6. The first-order valence-corrected chi connectivity index (χ1v) is 12.5. The number of hydrogen-bond acceptors (Lipinski definition) is 4. The average Bonchev–Trinajstić information content (AvgIpc) is 2.95. The third-order valence-corrected chi connectivity index (χ3v) is 6.76. The fourth-order valence-corrected chi connectivity index (χ4v) is 4.62. The largest absolute Gasteiger partial charge is 0.354 e. The van der Waals surface area contributed by atoms with Crippen LogP contribution in [0.4, 0.5) is 17.2 Å². The number of rotatable bonds is 6. The summed E-state index contributed by atoms with van der Waals surface area (Å²) in [5, 5.41) is 2.97. The van der Waals surface area contributed by atoms with E-state index in [1.165, 1.54) is 5.56 Å². The number of nitrogens with zero attached hydrogens (tertiary/aromatic N) is 4. The predicted molar refractivity (Wildman–Crippen MR) is 149 cm³/mol. The van der Waals surface area contributed by atoms with Crippen LogP contribution in [0, 0.1) is 13.5 Å². The van der Waals surface area contributed by atoms with Crippen molar-refractivity contribution >= 4 is 23.1 Å². The van der Waals surface area contributed by atoms with Gasteiger partial charge in [0.25, 0.3) is 5.91 Å². The van der Waals surface area contributed by atoms with E-state index >= 15 is 0 Å². The van der Waals surface area contributed by atoms with E-state index in [0.29, 0.717) is 16.9 Å². The second-order valence-electron chi connectivity index (χ2n) is 9.30. The Bertz CT molecular complexity index is 1400. The van der Waals surface area contributed by atoms with Gasteiger partial charge in [-0.3, -0.25) is 9.69 Å². The quantitative estimate of drug-likeness (QED) is 0.330. The maximum absolute atomic E-state index is 13.0. The number of piperazine rings is 1. The van der Waals surface area contributed by atoms with Gasteiger partial charge in [0.2, 0.25) is 0 Å². The molecule has 1 saturated heterocycles. The Kier molecular flexibility index (Phi) is 7.25. The predicted octanol–water partition coefficient (Wildman–Crippen LogP) is 6.18. The smallest absolute Gasteiger partial charge is 0.255 e. The van der Waals surface area contributed by atoms with Crippen molar-refractivity contribution in [3.63, 3.8) is 0 Å². The summed E-state index contributed by atoms with van der Waals surface area (Å²) in [6.07, 6.45) is 1.72. The molecule has 37 heavy (non-hydrogen) atoms. The second kappa shape index (κ2) is 11.1. The van der Waals surface area contributed by atoms with E-state index in [-0.39, 0.29) is 5.91 Å². The molecule has 0 saturated carbocycles. The SMILES string of the molecule is [C-]#[N+]c1ccc(-c2cc(C(=O)Nc3ccc(N4CCN(Cc5ccccc5)CC4)nc3)ccc2C)cc1. The minimum atomic E-state index is -0.178. The molecule has 4 aromatic rings. The summed E-state index contributed by atoms with van der Waals surface area (Å²) >= 11 is 0. The van der Waals surface area contributed by atoms with Gasteiger partial charge in [0.05, 0.1) is 18.5 Å². The number of aryl methyl sites for hydroxylation is 1. The number of hydrogen-bond donors (Lipinski definition) is 1. The lowest BCUT2D eigenvalue weighted by Gasteiger charge is -2.35. The fourth-order valence-electron chi connectivity index (χ4n) is 4.62. The van der Waals surface area contributed by atoms with Crippen molar-refractivity contribution < 1.29 is 4.79 Å². The fraction of sp³-hybridized carbons (Fsp3) is 0.194. The van der Waals surface area contributed by atoms with Crippen LogP contribution in [0.15, 0.2) is 91.1 Å². The maximum Gasteiger partial charge on any atom is 0.255 e. The Hall–Kier alpha value is -4.47. The zero-order valence-electron chi connectivity index (χ0n) is 20.9. The minimum absolute atomic E-state index is 0.178. The van der Waals surface area contributed by atoms with Gasteiger partial charge in [-0.25, -0.2) is 9.83 Å². The van der Waals surface area contributed by atoms with Crippen LogP contribution in [-0.2, 0) is 6.54 Å². The van der Waals surface area contributed by atoms with Gasteiger partial charge in [-0.2, -0.15) is 0 Å².